The number of carbonyl (C=O) groups is 1. The van der Waals surface area contributed by atoms with Gasteiger partial charge in [-0.05, 0) is 32.9 Å². The zero-order valence-corrected chi connectivity index (χ0v) is 6.90. The van der Waals surface area contributed by atoms with E-state index in [0.717, 1.165) is 11.1 Å². The maximum atomic E-state index is 11.0. The van der Waals surface area contributed by atoms with E-state index in [1.165, 1.54) is 0 Å². The summed E-state index contributed by atoms with van der Waals surface area (Å²) in [5, 5.41) is 0. The van der Waals surface area contributed by atoms with Gasteiger partial charge in [-0.2, -0.15) is 0 Å². The van der Waals surface area contributed by atoms with Crippen LogP contribution in [-0.4, -0.2) is 12.3 Å². The van der Waals surface area contributed by atoms with Crippen molar-refractivity contribution in [1.29, 1.82) is 0 Å². The minimum atomic E-state index is 0.169. The highest BCUT2D eigenvalue weighted by molar-refractivity contribution is 5.95. The van der Waals surface area contributed by atoms with Crippen LogP contribution in [0.4, 0.5) is 0 Å². The fraction of sp³-hybridized carbons (Fsp3) is 0.625. The Morgan fingerprint density at radius 1 is 1.30 bits per heavy atom. The normalized spacial score (nSPS) is 9.20. The van der Waals surface area contributed by atoms with Crippen molar-refractivity contribution in [3.63, 3.8) is 0 Å². The predicted molar refractivity (Wildman–Crippen MR) is 42.7 cm³/mol. The van der Waals surface area contributed by atoms with Crippen LogP contribution in [0.1, 0.15) is 27.2 Å². The molecule has 0 aromatic rings. The van der Waals surface area contributed by atoms with Gasteiger partial charge in [0.2, 0.25) is 0 Å². The Labute approximate surface area is 62.1 Å². The molecule has 0 amide bonds. The Kier molecular flexibility index (Phi) is 3.96. The SMILES string of the molecule is CC(C)=C(C)C(=O)CCN. The van der Waals surface area contributed by atoms with Crippen molar-refractivity contribution in [2.24, 2.45) is 5.73 Å². The number of rotatable bonds is 3. The molecule has 0 aliphatic rings. The first-order chi connectivity index (χ1) is 4.59. The second kappa shape index (κ2) is 4.23. The van der Waals surface area contributed by atoms with Gasteiger partial charge in [-0.25, -0.2) is 0 Å². The molecule has 0 aliphatic carbocycles. The summed E-state index contributed by atoms with van der Waals surface area (Å²) in [5.41, 5.74) is 7.16. The average molecular weight is 141 g/mol. The highest BCUT2D eigenvalue weighted by Gasteiger charge is 2.02. The molecule has 0 rings (SSSR count). The number of allylic oxidation sites excluding steroid dienone is 2. The molecule has 0 radical (unpaired) electrons. The molecule has 0 saturated carbocycles. The molecule has 0 aromatic carbocycles. The van der Waals surface area contributed by atoms with E-state index in [1.54, 1.807) is 0 Å². The molecule has 2 N–H and O–H groups in total. The molecule has 0 atom stereocenters. The third-order valence-corrected chi connectivity index (χ3v) is 1.54. The Bertz CT molecular complexity index is 155. The molecule has 0 aromatic heterocycles. The summed E-state index contributed by atoms with van der Waals surface area (Å²) < 4.78 is 0. The van der Waals surface area contributed by atoms with E-state index in [4.69, 9.17) is 5.73 Å². The van der Waals surface area contributed by atoms with Crippen LogP contribution in [0, 0.1) is 0 Å². The van der Waals surface area contributed by atoms with Gasteiger partial charge in [-0.1, -0.05) is 5.57 Å². The molecule has 0 fully saturated rings. The molecule has 2 nitrogen and oxygen atoms in total. The number of Topliss-reactive ketones (excluding diaryl/α,β-unsaturated/α-hetero) is 1. The zero-order valence-electron chi connectivity index (χ0n) is 6.90. The average Bonchev–Trinajstić information content (AvgIpc) is 1.87. The maximum absolute atomic E-state index is 11.0. The van der Waals surface area contributed by atoms with Gasteiger partial charge in [0.15, 0.2) is 5.78 Å². The smallest absolute Gasteiger partial charge is 0.159 e. The van der Waals surface area contributed by atoms with E-state index in [0.29, 0.717) is 13.0 Å². The molecule has 0 spiro atoms. The summed E-state index contributed by atoms with van der Waals surface area (Å²) in [6, 6.07) is 0. The summed E-state index contributed by atoms with van der Waals surface area (Å²) in [6.07, 6.45) is 0.469. The monoisotopic (exact) mass is 141 g/mol. The Hall–Kier alpha value is -0.630. The van der Waals surface area contributed by atoms with Crippen LogP contribution in [0.3, 0.4) is 0 Å². The quantitative estimate of drug-likeness (QED) is 0.601. The Balaban J connectivity index is 4.09. The van der Waals surface area contributed by atoms with Crippen LogP contribution in [0.5, 0.6) is 0 Å². The maximum Gasteiger partial charge on any atom is 0.159 e. The highest BCUT2D eigenvalue weighted by atomic mass is 16.1. The first-order valence-corrected chi connectivity index (χ1v) is 3.47. The van der Waals surface area contributed by atoms with E-state index < -0.39 is 0 Å². The lowest BCUT2D eigenvalue weighted by atomic mass is 10.1. The summed E-state index contributed by atoms with van der Waals surface area (Å²) in [5.74, 6) is 0.169. The molecule has 2 heteroatoms. The van der Waals surface area contributed by atoms with Crippen LogP contribution < -0.4 is 5.73 Å². The minimum Gasteiger partial charge on any atom is -0.330 e. The van der Waals surface area contributed by atoms with Crippen LogP contribution in [0.15, 0.2) is 11.1 Å². The standard InChI is InChI=1S/C8H15NO/c1-6(2)7(3)8(10)4-5-9/h4-5,9H2,1-3H3. The molecule has 58 valence electrons. The number of carbonyl (C=O) groups excluding carboxylic acids is 1. The number of hydrogen-bond acceptors (Lipinski definition) is 2. The summed E-state index contributed by atoms with van der Waals surface area (Å²) in [7, 11) is 0. The van der Waals surface area contributed by atoms with E-state index in [9.17, 15) is 4.79 Å². The third kappa shape index (κ3) is 2.78. The molecule has 0 unspecified atom stereocenters. The van der Waals surface area contributed by atoms with Crippen LogP contribution in [0.2, 0.25) is 0 Å². The van der Waals surface area contributed by atoms with Crippen molar-refractivity contribution >= 4 is 5.78 Å². The molecule has 10 heavy (non-hydrogen) atoms. The molecule has 0 aliphatic heterocycles. The van der Waals surface area contributed by atoms with Crippen molar-refractivity contribution in [2.45, 2.75) is 27.2 Å². The summed E-state index contributed by atoms with van der Waals surface area (Å²) in [4.78, 5) is 11.0. The van der Waals surface area contributed by atoms with E-state index >= 15 is 0 Å². The van der Waals surface area contributed by atoms with Crippen LogP contribution >= 0.6 is 0 Å². The molecular formula is C8H15NO. The largest absolute Gasteiger partial charge is 0.330 e. The van der Waals surface area contributed by atoms with Crippen molar-refractivity contribution < 1.29 is 4.79 Å². The van der Waals surface area contributed by atoms with Crippen LogP contribution in [-0.2, 0) is 4.79 Å². The number of hydrogen-bond donors (Lipinski definition) is 1. The molecule has 0 heterocycles. The first kappa shape index (κ1) is 9.37. The lowest BCUT2D eigenvalue weighted by Crippen LogP contribution is -2.09. The van der Waals surface area contributed by atoms with Gasteiger partial charge in [0.25, 0.3) is 0 Å². The van der Waals surface area contributed by atoms with Crippen LogP contribution in [0.25, 0.3) is 0 Å². The van der Waals surface area contributed by atoms with Crippen molar-refractivity contribution in [2.75, 3.05) is 6.54 Å². The van der Waals surface area contributed by atoms with Gasteiger partial charge >= 0.3 is 0 Å². The summed E-state index contributed by atoms with van der Waals surface area (Å²) in [6.45, 7) is 6.16. The number of ketones is 1. The topological polar surface area (TPSA) is 43.1 Å². The van der Waals surface area contributed by atoms with Gasteiger partial charge < -0.3 is 5.73 Å². The van der Waals surface area contributed by atoms with Gasteiger partial charge in [0.1, 0.15) is 0 Å². The Morgan fingerprint density at radius 3 is 2.10 bits per heavy atom. The van der Waals surface area contributed by atoms with E-state index in [1.807, 2.05) is 20.8 Å². The van der Waals surface area contributed by atoms with Gasteiger partial charge in [-0.3, -0.25) is 4.79 Å². The third-order valence-electron chi connectivity index (χ3n) is 1.54. The van der Waals surface area contributed by atoms with E-state index in [-0.39, 0.29) is 5.78 Å². The van der Waals surface area contributed by atoms with Gasteiger partial charge in [0.05, 0.1) is 0 Å². The lowest BCUT2D eigenvalue weighted by Gasteiger charge is -1.99. The molecular weight excluding hydrogens is 126 g/mol. The summed E-state index contributed by atoms with van der Waals surface area (Å²) >= 11 is 0. The second-order valence-corrected chi connectivity index (χ2v) is 2.59. The number of nitrogens with two attached hydrogens (primary N) is 1. The van der Waals surface area contributed by atoms with Gasteiger partial charge in [-0.15, -0.1) is 0 Å². The highest BCUT2D eigenvalue weighted by Crippen LogP contribution is 2.04. The van der Waals surface area contributed by atoms with Gasteiger partial charge in [0, 0.05) is 6.42 Å². The fourth-order valence-electron chi connectivity index (χ4n) is 0.597. The minimum absolute atomic E-state index is 0.169. The van der Waals surface area contributed by atoms with Crippen molar-refractivity contribution in [3.8, 4) is 0 Å². The van der Waals surface area contributed by atoms with E-state index in [2.05, 4.69) is 0 Å². The first-order valence-electron chi connectivity index (χ1n) is 3.47. The van der Waals surface area contributed by atoms with Crippen molar-refractivity contribution in [1.82, 2.24) is 0 Å². The zero-order chi connectivity index (χ0) is 8.15. The Morgan fingerprint density at radius 2 is 1.80 bits per heavy atom. The fourth-order valence-corrected chi connectivity index (χ4v) is 0.597. The molecule has 0 bridgehead atoms. The lowest BCUT2D eigenvalue weighted by molar-refractivity contribution is -0.115. The van der Waals surface area contributed by atoms with Crippen molar-refractivity contribution in [3.05, 3.63) is 11.1 Å². The predicted octanol–water partition coefficient (Wildman–Crippen LogP) is 1.26. The molecule has 0 saturated heterocycles. The second-order valence-electron chi connectivity index (χ2n) is 2.59.